The molecule has 1 aliphatic rings. The highest BCUT2D eigenvalue weighted by atomic mass is 32.2. The van der Waals surface area contributed by atoms with Crippen LogP contribution in [0.15, 0.2) is 46.2 Å². The Bertz CT molecular complexity index is 1040. The molecular weight excluding hydrogens is 400 g/mol. The highest BCUT2D eigenvalue weighted by Crippen LogP contribution is 2.32. The Kier molecular flexibility index (Phi) is 5.24. The predicted molar refractivity (Wildman–Crippen MR) is 103 cm³/mol. The summed E-state index contributed by atoms with van der Waals surface area (Å²) in [5, 5.41) is 13.0. The molecule has 29 heavy (non-hydrogen) atoms. The molecule has 0 fully saturated rings. The van der Waals surface area contributed by atoms with Crippen LogP contribution in [0.2, 0.25) is 0 Å². The number of ether oxygens (including phenoxy) is 2. The summed E-state index contributed by atoms with van der Waals surface area (Å²) >= 11 is 1.03. The summed E-state index contributed by atoms with van der Waals surface area (Å²) < 4.78 is 17.3. The molecule has 3 amide bonds. The van der Waals surface area contributed by atoms with Crippen molar-refractivity contribution in [3.8, 4) is 23.1 Å². The van der Waals surface area contributed by atoms with Crippen LogP contribution in [-0.4, -0.2) is 45.8 Å². The molecule has 3 aromatic rings. The molecule has 4 rings (SSSR count). The first-order valence-corrected chi connectivity index (χ1v) is 9.46. The molecule has 4 N–H and O–H groups in total. The molecular formula is C17H16N6O5S. The van der Waals surface area contributed by atoms with E-state index in [1.807, 2.05) is 0 Å². The number of fused-ring (bicyclic) bond motifs is 1. The topological polar surface area (TPSA) is 147 Å². The number of anilines is 1. The average Bonchev–Trinajstić information content (AvgIpc) is 3.36. The minimum atomic E-state index is -0.669. The molecule has 2 aromatic heterocycles. The minimum absolute atomic E-state index is 0.0813. The Labute approximate surface area is 168 Å². The third-order valence-electron chi connectivity index (χ3n) is 3.79. The van der Waals surface area contributed by atoms with Crippen LogP contribution in [0.4, 0.5) is 10.5 Å². The molecule has 1 aromatic carbocycles. The maximum Gasteiger partial charge on any atom is 0.325 e. The van der Waals surface area contributed by atoms with Gasteiger partial charge in [0.1, 0.15) is 13.2 Å². The van der Waals surface area contributed by atoms with Gasteiger partial charge in [0.25, 0.3) is 0 Å². The molecule has 0 atom stereocenters. The number of rotatable bonds is 5. The van der Waals surface area contributed by atoms with Gasteiger partial charge in [-0.05, 0) is 24.3 Å². The molecule has 0 unspecified atom stereocenters. The second kappa shape index (κ2) is 8.14. The zero-order valence-electron chi connectivity index (χ0n) is 15.0. The Balaban J connectivity index is 1.29. The van der Waals surface area contributed by atoms with Gasteiger partial charge in [-0.2, -0.15) is 0 Å². The lowest BCUT2D eigenvalue weighted by Gasteiger charge is -2.19. The van der Waals surface area contributed by atoms with E-state index in [1.54, 1.807) is 30.3 Å². The van der Waals surface area contributed by atoms with Gasteiger partial charge in [0.15, 0.2) is 17.3 Å². The number of benzene rings is 1. The fraction of sp³-hybridized carbons (Fsp3) is 0.176. The third-order valence-corrected chi connectivity index (χ3v) is 4.73. The van der Waals surface area contributed by atoms with Crippen molar-refractivity contribution in [1.29, 1.82) is 0 Å². The van der Waals surface area contributed by atoms with Gasteiger partial charge < -0.3 is 25.1 Å². The molecule has 0 aliphatic carbocycles. The van der Waals surface area contributed by atoms with Crippen LogP contribution in [0.25, 0.3) is 11.6 Å². The molecule has 0 saturated carbocycles. The quantitative estimate of drug-likeness (QED) is 0.415. The van der Waals surface area contributed by atoms with Crippen molar-refractivity contribution in [2.75, 3.05) is 30.1 Å². The van der Waals surface area contributed by atoms with Gasteiger partial charge in [0, 0.05) is 11.8 Å². The zero-order chi connectivity index (χ0) is 20.2. The largest absolute Gasteiger partial charge is 0.486 e. The van der Waals surface area contributed by atoms with E-state index in [-0.39, 0.29) is 5.75 Å². The van der Waals surface area contributed by atoms with Crippen LogP contribution in [0, 0.1) is 0 Å². The van der Waals surface area contributed by atoms with Crippen molar-refractivity contribution in [3.63, 3.8) is 0 Å². The number of nitrogens with two attached hydrogens (primary N) is 1. The Morgan fingerprint density at radius 1 is 1.17 bits per heavy atom. The summed E-state index contributed by atoms with van der Waals surface area (Å²) in [5.74, 6) is 7.24. The van der Waals surface area contributed by atoms with E-state index >= 15 is 0 Å². The second-order valence-electron chi connectivity index (χ2n) is 5.80. The smallest absolute Gasteiger partial charge is 0.325 e. The SMILES string of the molecule is Nn1c(SCC(=O)NC(=O)Nc2ccc3c(c2)OCCO3)nnc1-c1ccco1. The van der Waals surface area contributed by atoms with E-state index in [2.05, 4.69) is 20.8 Å². The van der Waals surface area contributed by atoms with Crippen LogP contribution in [0.5, 0.6) is 11.5 Å². The molecule has 0 saturated heterocycles. The maximum atomic E-state index is 12.0. The monoisotopic (exact) mass is 416 g/mol. The van der Waals surface area contributed by atoms with Crippen LogP contribution in [0.1, 0.15) is 0 Å². The van der Waals surface area contributed by atoms with Crippen molar-refractivity contribution >= 4 is 29.4 Å². The number of nitrogens with zero attached hydrogens (tertiary/aromatic N) is 3. The second-order valence-corrected chi connectivity index (χ2v) is 6.75. The van der Waals surface area contributed by atoms with E-state index in [0.717, 1.165) is 11.8 Å². The van der Waals surface area contributed by atoms with Crippen molar-refractivity contribution in [2.24, 2.45) is 0 Å². The first-order chi connectivity index (χ1) is 14.1. The highest BCUT2D eigenvalue weighted by molar-refractivity contribution is 7.99. The number of urea groups is 1. The van der Waals surface area contributed by atoms with E-state index in [9.17, 15) is 9.59 Å². The van der Waals surface area contributed by atoms with Crippen LogP contribution in [-0.2, 0) is 4.79 Å². The zero-order valence-corrected chi connectivity index (χ0v) is 15.8. The number of hydrogen-bond acceptors (Lipinski definition) is 9. The predicted octanol–water partition coefficient (Wildman–Crippen LogP) is 1.46. The van der Waals surface area contributed by atoms with Crippen LogP contribution < -0.4 is 25.9 Å². The molecule has 3 heterocycles. The number of imide groups is 1. The normalized spacial score (nSPS) is 12.4. The lowest BCUT2D eigenvalue weighted by atomic mass is 10.2. The molecule has 150 valence electrons. The number of aromatic nitrogens is 3. The van der Waals surface area contributed by atoms with Crippen molar-refractivity contribution in [3.05, 3.63) is 36.6 Å². The molecule has 11 nitrogen and oxygen atoms in total. The summed E-state index contributed by atoms with van der Waals surface area (Å²) in [4.78, 5) is 24.1. The van der Waals surface area contributed by atoms with E-state index in [4.69, 9.17) is 19.7 Å². The number of nitrogens with one attached hydrogen (secondary N) is 2. The Morgan fingerprint density at radius 3 is 2.79 bits per heavy atom. The molecule has 1 aliphatic heterocycles. The lowest BCUT2D eigenvalue weighted by Crippen LogP contribution is -2.35. The van der Waals surface area contributed by atoms with Gasteiger partial charge in [0.05, 0.1) is 12.0 Å². The maximum absolute atomic E-state index is 12.0. The summed E-state index contributed by atoms with van der Waals surface area (Å²) in [5.41, 5.74) is 0.469. The minimum Gasteiger partial charge on any atom is -0.486 e. The number of carbonyl (C=O) groups excluding carboxylic acids is 2. The number of furan rings is 1. The van der Waals surface area contributed by atoms with Gasteiger partial charge in [-0.3, -0.25) is 10.1 Å². The van der Waals surface area contributed by atoms with Gasteiger partial charge in [-0.15, -0.1) is 10.2 Å². The first kappa shape index (κ1) is 18.7. The summed E-state index contributed by atoms with van der Waals surface area (Å²) in [7, 11) is 0. The third kappa shape index (κ3) is 4.27. The first-order valence-electron chi connectivity index (χ1n) is 8.48. The van der Waals surface area contributed by atoms with Gasteiger partial charge in [-0.25, -0.2) is 9.47 Å². The lowest BCUT2D eigenvalue weighted by molar-refractivity contribution is -0.117. The fourth-order valence-electron chi connectivity index (χ4n) is 2.53. The highest BCUT2D eigenvalue weighted by Gasteiger charge is 2.17. The fourth-order valence-corrected chi connectivity index (χ4v) is 3.18. The van der Waals surface area contributed by atoms with E-state index in [0.29, 0.717) is 47.1 Å². The van der Waals surface area contributed by atoms with E-state index in [1.165, 1.54) is 10.9 Å². The molecule has 0 spiro atoms. The number of thioether (sulfide) groups is 1. The molecule has 0 bridgehead atoms. The van der Waals surface area contributed by atoms with Crippen molar-refractivity contribution in [1.82, 2.24) is 20.2 Å². The molecule has 12 heteroatoms. The number of carbonyl (C=O) groups is 2. The number of nitrogen functional groups attached to an aromatic ring is 1. The number of amides is 3. The van der Waals surface area contributed by atoms with Crippen LogP contribution >= 0.6 is 11.8 Å². The van der Waals surface area contributed by atoms with E-state index < -0.39 is 11.9 Å². The number of hydrogen-bond donors (Lipinski definition) is 3. The van der Waals surface area contributed by atoms with Gasteiger partial charge in [-0.1, -0.05) is 11.8 Å². The van der Waals surface area contributed by atoms with Crippen molar-refractivity contribution in [2.45, 2.75) is 5.16 Å². The van der Waals surface area contributed by atoms with Gasteiger partial charge >= 0.3 is 6.03 Å². The summed E-state index contributed by atoms with van der Waals surface area (Å²) in [6, 6.07) is 7.69. The Hall–Kier alpha value is -3.67. The summed E-state index contributed by atoms with van der Waals surface area (Å²) in [6.07, 6.45) is 1.49. The van der Waals surface area contributed by atoms with Gasteiger partial charge in [0.2, 0.25) is 16.9 Å². The Morgan fingerprint density at radius 2 is 2.00 bits per heavy atom. The average molecular weight is 416 g/mol. The van der Waals surface area contributed by atoms with Crippen molar-refractivity contribution < 1.29 is 23.5 Å². The molecule has 0 radical (unpaired) electrons. The standard InChI is InChI=1S/C17H16N6O5S/c18-23-15(12-2-1-5-26-12)21-22-17(23)29-9-14(24)20-16(25)19-10-3-4-11-13(8-10)28-7-6-27-11/h1-5,8H,6-7,9,18H2,(H2,19,20,24,25). The van der Waals surface area contributed by atoms with Crippen LogP contribution in [0.3, 0.4) is 0 Å². The summed E-state index contributed by atoms with van der Waals surface area (Å²) in [6.45, 7) is 0.914.